The van der Waals surface area contributed by atoms with Crippen molar-refractivity contribution in [2.45, 2.75) is 38.6 Å². The Labute approximate surface area is 123 Å². The maximum absolute atomic E-state index is 9.03. The van der Waals surface area contributed by atoms with E-state index in [-0.39, 0.29) is 6.61 Å². The van der Waals surface area contributed by atoms with Crippen molar-refractivity contribution in [1.82, 2.24) is 19.7 Å². The first-order valence-electron chi connectivity index (χ1n) is 7.57. The number of aliphatic hydroxyl groups excluding tert-OH is 1. The van der Waals surface area contributed by atoms with E-state index in [1.165, 1.54) is 25.7 Å². The molecule has 0 unspecified atom stereocenters. The summed E-state index contributed by atoms with van der Waals surface area (Å²) in [6.45, 7) is 1.38. The number of nitrogens with one attached hydrogen (secondary N) is 1. The highest BCUT2D eigenvalue weighted by molar-refractivity contribution is 5.86. The summed E-state index contributed by atoms with van der Waals surface area (Å²) in [6, 6.07) is 0. The monoisotopic (exact) mass is 287 g/mol. The van der Waals surface area contributed by atoms with Crippen LogP contribution in [0.1, 0.15) is 32.1 Å². The third kappa shape index (κ3) is 3.21. The molecule has 0 fully saturated rings. The molecule has 6 nitrogen and oxygen atoms in total. The van der Waals surface area contributed by atoms with Gasteiger partial charge in [-0.3, -0.25) is 0 Å². The zero-order chi connectivity index (χ0) is 14.5. The maximum Gasteiger partial charge on any atom is 0.163 e. The van der Waals surface area contributed by atoms with Crippen LogP contribution in [0.5, 0.6) is 0 Å². The van der Waals surface area contributed by atoms with E-state index in [0.717, 1.165) is 29.8 Å². The largest absolute Gasteiger partial charge is 0.394 e. The lowest BCUT2D eigenvalue weighted by Gasteiger charge is -2.13. The minimum Gasteiger partial charge on any atom is -0.394 e. The Hall–Kier alpha value is -1.95. The number of fused-ring (bicyclic) bond motifs is 1. The van der Waals surface area contributed by atoms with E-state index in [1.54, 1.807) is 22.8 Å². The lowest BCUT2D eigenvalue weighted by molar-refractivity contribution is 0.271. The van der Waals surface area contributed by atoms with E-state index in [1.807, 2.05) is 0 Å². The Kier molecular flexibility index (Phi) is 4.45. The fourth-order valence-electron chi connectivity index (χ4n) is 2.77. The van der Waals surface area contributed by atoms with E-state index in [9.17, 15) is 0 Å². The second-order valence-corrected chi connectivity index (χ2v) is 5.34. The number of allylic oxidation sites excluding steroid dienone is 1. The minimum absolute atomic E-state index is 0.0533. The molecule has 0 bridgehead atoms. The Morgan fingerprint density at radius 2 is 2.24 bits per heavy atom. The predicted octanol–water partition coefficient (Wildman–Crippen LogP) is 2.12. The molecule has 0 saturated carbocycles. The van der Waals surface area contributed by atoms with Crippen LogP contribution in [0.25, 0.3) is 11.0 Å². The fraction of sp³-hybridized carbons (Fsp3) is 0.533. The third-order valence-corrected chi connectivity index (χ3v) is 3.87. The second-order valence-electron chi connectivity index (χ2n) is 5.34. The fourth-order valence-corrected chi connectivity index (χ4v) is 2.77. The number of aromatic nitrogens is 4. The molecule has 112 valence electrons. The van der Waals surface area contributed by atoms with Gasteiger partial charge in [0.25, 0.3) is 0 Å². The van der Waals surface area contributed by atoms with Crippen molar-refractivity contribution < 1.29 is 5.11 Å². The summed E-state index contributed by atoms with van der Waals surface area (Å²) >= 11 is 0. The first kappa shape index (κ1) is 14.0. The van der Waals surface area contributed by atoms with Gasteiger partial charge in [-0.15, -0.1) is 0 Å². The first-order valence-corrected chi connectivity index (χ1v) is 7.57. The molecule has 2 aromatic heterocycles. The van der Waals surface area contributed by atoms with Gasteiger partial charge in [-0.05, 0) is 32.1 Å². The quantitative estimate of drug-likeness (QED) is 0.796. The van der Waals surface area contributed by atoms with E-state index in [0.29, 0.717) is 6.54 Å². The number of rotatable bonds is 6. The van der Waals surface area contributed by atoms with Crippen molar-refractivity contribution >= 4 is 16.9 Å². The molecule has 2 aromatic rings. The standard InChI is InChI=1S/C15H21N5O/c21-9-8-20-15-13(10-19-20)14(17-11-18-15)16-7-6-12-4-2-1-3-5-12/h4,10-11,21H,1-3,5-9H2,(H,16,17,18). The van der Waals surface area contributed by atoms with E-state index >= 15 is 0 Å². The first-order chi connectivity index (χ1) is 10.4. The number of hydrogen-bond acceptors (Lipinski definition) is 5. The normalized spacial score (nSPS) is 15.2. The minimum atomic E-state index is 0.0533. The Morgan fingerprint density at radius 1 is 1.29 bits per heavy atom. The van der Waals surface area contributed by atoms with Crippen molar-refractivity contribution in [1.29, 1.82) is 0 Å². The van der Waals surface area contributed by atoms with Gasteiger partial charge >= 0.3 is 0 Å². The number of nitrogens with zero attached hydrogens (tertiary/aromatic N) is 4. The molecule has 21 heavy (non-hydrogen) atoms. The summed E-state index contributed by atoms with van der Waals surface area (Å²) in [7, 11) is 0. The highest BCUT2D eigenvalue weighted by Gasteiger charge is 2.09. The molecule has 0 aliphatic heterocycles. The average Bonchev–Trinajstić information content (AvgIpc) is 2.93. The van der Waals surface area contributed by atoms with Gasteiger partial charge < -0.3 is 10.4 Å². The number of anilines is 1. The van der Waals surface area contributed by atoms with E-state index < -0.39 is 0 Å². The van der Waals surface area contributed by atoms with Crippen LogP contribution in [-0.4, -0.2) is 38.0 Å². The van der Waals surface area contributed by atoms with Gasteiger partial charge in [-0.25, -0.2) is 14.6 Å². The van der Waals surface area contributed by atoms with Crippen LogP contribution in [0.3, 0.4) is 0 Å². The van der Waals surface area contributed by atoms with Crippen molar-refractivity contribution in [2.75, 3.05) is 18.5 Å². The van der Waals surface area contributed by atoms with Crippen molar-refractivity contribution in [2.24, 2.45) is 0 Å². The highest BCUT2D eigenvalue weighted by atomic mass is 16.3. The van der Waals surface area contributed by atoms with Gasteiger partial charge in [-0.2, -0.15) is 5.10 Å². The molecule has 2 heterocycles. The summed E-state index contributed by atoms with van der Waals surface area (Å²) < 4.78 is 1.70. The number of aliphatic hydroxyl groups is 1. The zero-order valence-electron chi connectivity index (χ0n) is 12.1. The van der Waals surface area contributed by atoms with Crippen LogP contribution >= 0.6 is 0 Å². The third-order valence-electron chi connectivity index (χ3n) is 3.87. The lowest BCUT2D eigenvalue weighted by Crippen LogP contribution is -2.07. The van der Waals surface area contributed by atoms with E-state index in [2.05, 4.69) is 26.5 Å². The molecule has 0 radical (unpaired) electrons. The van der Waals surface area contributed by atoms with Crippen molar-refractivity contribution in [3.05, 3.63) is 24.2 Å². The van der Waals surface area contributed by atoms with Gasteiger partial charge in [0, 0.05) is 6.54 Å². The molecule has 3 rings (SSSR count). The molecule has 0 spiro atoms. The molecule has 1 aliphatic rings. The van der Waals surface area contributed by atoms with Gasteiger partial charge in [0.15, 0.2) is 5.65 Å². The molecule has 0 amide bonds. The highest BCUT2D eigenvalue weighted by Crippen LogP contribution is 2.21. The SMILES string of the molecule is OCCn1ncc2c(NCCC3=CCCCC3)ncnc21. The molecule has 2 N–H and O–H groups in total. The van der Waals surface area contributed by atoms with Crippen LogP contribution in [0.15, 0.2) is 24.2 Å². The lowest BCUT2D eigenvalue weighted by atomic mass is 9.97. The molecule has 0 saturated heterocycles. The Bertz CT molecular complexity index is 634. The molecule has 0 atom stereocenters. The van der Waals surface area contributed by atoms with Crippen LogP contribution < -0.4 is 5.32 Å². The molecule has 0 aromatic carbocycles. The maximum atomic E-state index is 9.03. The van der Waals surface area contributed by atoms with E-state index in [4.69, 9.17) is 5.11 Å². The van der Waals surface area contributed by atoms with Crippen LogP contribution in [0.4, 0.5) is 5.82 Å². The van der Waals surface area contributed by atoms with Gasteiger partial charge in [0.2, 0.25) is 0 Å². The smallest absolute Gasteiger partial charge is 0.163 e. The average molecular weight is 287 g/mol. The predicted molar refractivity (Wildman–Crippen MR) is 82.1 cm³/mol. The zero-order valence-corrected chi connectivity index (χ0v) is 12.1. The van der Waals surface area contributed by atoms with Crippen molar-refractivity contribution in [3.63, 3.8) is 0 Å². The van der Waals surface area contributed by atoms with Gasteiger partial charge in [0.1, 0.15) is 12.1 Å². The summed E-state index contributed by atoms with van der Waals surface area (Å²) in [4.78, 5) is 8.55. The summed E-state index contributed by atoms with van der Waals surface area (Å²) in [6.07, 6.45) is 11.8. The molecule has 1 aliphatic carbocycles. The molecular weight excluding hydrogens is 266 g/mol. The molecular formula is C15H21N5O. The van der Waals surface area contributed by atoms with Crippen LogP contribution in [0.2, 0.25) is 0 Å². The Morgan fingerprint density at radius 3 is 3.05 bits per heavy atom. The van der Waals surface area contributed by atoms with Crippen LogP contribution in [-0.2, 0) is 6.54 Å². The topological polar surface area (TPSA) is 75.9 Å². The summed E-state index contributed by atoms with van der Waals surface area (Å²) in [5, 5.41) is 17.6. The summed E-state index contributed by atoms with van der Waals surface area (Å²) in [5.41, 5.74) is 2.31. The summed E-state index contributed by atoms with van der Waals surface area (Å²) in [5.74, 6) is 0.820. The van der Waals surface area contributed by atoms with Gasteiger partial charge in [-0.1, -0.05) is 11.6 Å². The van der Waals surface area contributed by atoms with Crippen LogP contribution in [0, 0.1) is 0 Å². The number of hydrogen-bond donors (Lipinski definition) is 2. The Balaban J connectivity index is 1.67. The van der Waals surface area contributed by atoms with Gasteiger partial charge in [0.05, 0.1) is 24.7 Å². The molecule has 6 heteroatoms. The second kappa shape index (κ2) is 6.67. The van der Waals surface area contributed by atoms with Crippen molar-refractivity contribution in [3.8, 4) is 0 Å².